The van der Waals surface area contributed by atoms with E-state index in [1.807, 2.05) is 6.92 Å². The molecule has 0 aliphatic rings. The Balaban J connectivity index is 3.04. The maximum atomic E-state index is 10.8. The summed E-state index contributed by atoms with van der Waals surface area (Å²) in [6.45, 7) is 3.63. The molecule has 1 aromatic heterocycles. The van der Waals surface area contributed by atoms with E-state index in [-0.39, 0.29) is 0 Å². The molecule has 1 rings (SSSR count). The second-order valence-electron chi connectivity index (χ2n) is 2.86. The summed E-state index contributed by atoms with van der Waals surface area (Å²) < 4.78 is 0. The van der Waals surface area contributed by atoms with Gasteiger partial charge in [-0.25, -0.2) is 9.97 Å². The van der Waals surface area contributed by atoms with Gasteiger partial charge in [-0.3, -0.25) is 4.79 Å². The number of carboxylic acid groups (broad SMARTS) is 1. The molecule has 0 fully saturated rings. The Morgan fingerprint density at radius 1 is 1.69 bits per heavy atom. The van der Waals surface area contributed by atoms with Crippen LogP contribution in [0.25, 0.3) is 0 Å². The molecule has 1 unspecified atom stereocenters. The van der Waals surface area contributed by atoms with Crippen molar-refractivity contribution in [1.82, 2.24) is 9.97 Å². The van der Waals surface area contributed by atoms with E-state index in [0.717, 1.165) is 5.69 Å². The van der Waals surface area contributed by atoms with E-state index in [4.69, 9.17) is 5.11 Å². The Morgan fingerprint density at radius 2 is 2.38 bits per heavy atom. The van der Waals surface area contributed by atoms with Gasteiger partial charge in [0.15, 0.2) is 0 Å². The van der Waals surface area contributed by atoms with Gasteiger partial charge in [0.1, 0.15) is 6.33 Å². The molecule has 4 nitrogen and oxygen atoms in total. The number of carbonyl (C=O) groups is 1. The van der Waals surface area contributed by atoms with Crippen LogP contribution in [0.3, 0.4) is 0 Å². The predicted octanol–water partition coefficient (Wildman–Crippen LogP) is 1.36. The summed E-state index contributed by atoms with van der Waals surface area (Å²) in [5.41, 5.74) is 1.45. The van der Waals surface area contributed by atoms with Gasteiger partial charge in [0.05, 0.1) is 5.92 Å². The molecular formula is C9H12N2O2. The van der Waals surface area contributed by atoms with Gasteiger partial charge < -0.3 is 5.11 Å². The standard InChI is InChI=1S/C9H12N2O2/c1-3-7(9(12)13)8-4-10-5-11-6(8)2/h4-5,7H,3H2,1-2H3,(H,12,13). The third-order valence-electron chi connectivity index (χ3n) is 2.03. The van der Waals surface area contributed by atoms with Crippen LogP contribution in [0.1, 0.15) is 30.5 Å². The van der Waals surface area contributed by atoms with Crippen molar-refractivity contribution >= 4 is 5.97 Å². The van der Waals surface area contributed by atoms with Crippen LogP contribution < -0.4 is 0 Å². The minimum absolute atomic E-state index is 0.485. The molecule has 1 heterocycles. The van der Waals surface area contributed by atoms with Gasteiger partial charge in [-0.1, -0.05) is 6.92 Å². The van der Waals surface area contributed by atoms with Crippen molar-refractivity contribution in [2.24, 2.45) is 0 Å². The fourth-order valence-corrected chi connectivity index (χ4v) is 1.27. The zero-order valence-electron chi connectivity index (χ0n) is 7.69. The third-order valence-corrected chi connectivity index (χ3v) is 2.03. The van der Waals surface area contributed by atoms with Gasteiger partial charge in [-0.05, 0) is 13.3 Å². The molecule has 0 spiro atoms. The fraction of sp³-hybridized carbons (Fsp3) is 0.444. The van der Waals surface area contributed by atoms with Crippen LogP contribution in [0, 0.1) is 6.92 Å². The largest absolute Gasteiger partial charge is 0.481 e. The second-order valence-corrected chi connectivity index (χ2v) is 2.86. The molecule has 70 valence electrons. The highest BCUT2D eigenvalue weighted by atomic mass is 16.4. The van der Waals surface area contributed by atoms with Crippen LogP contribution in [-0.2, 0) is 4.79 Å². The Bertz CT molecular complexity index is 312. The second kappa shape index (κ2) is 3.98. The summed E-state index contributed by atoms with van der Waals surface area (Å²) >= 11 is 0. The highest BCUT2D eigenvalue weighted by Crippen LogP contribution is 2.20. The monoisotopic (exact) mass is 180 g/mol. The minimum atomic E-state index is -0.819. The minimum Gasteiger partial charge on any atom is -0.481 e. The van der Waals surface area contributed by atoms with Crippen molar-refractivity contribution in [2.45, 2.75) is 26.2 Å². The van der Waals surface area contributed by atoms with E-state index in [9.17, 15) is 4.79 Å². The molecular weight excluding hydrogens is 168 g/mol. The van der Waals surface area contributed by atoms with Crippen LogP contribution in [0.2, 0.25) is 0 Å². The molecule has 0 aromatic carbocycles. The van der Waals surface area contributed by atoms with E-state index in [1.54, 1.807) is 13.1 Å². The number of carboxylic acids is 1. The van der Waals surface area contributed by atoms with Crippen LogP contribution in [0.15, 0.2) is 12.5 Å². The number of aryl methyl sites for hydroxylation is 1. The van der Waals surface area contributed by atoms with Crippen molar-refractivity contribution in [3.8, 4) is 0 Å². The van der Waals surface area contributed by atoms with Gasteiger partial charge in [0.2, 0.25) is 0 Å². The number of rotatable bonds is 3. The van der Waals surface area contributed by atoms with Crippen molar-refractivity contribution < 1.29 is 9.90 Å². The Morgan fingerprint density at radius 3 is 2.85 bits per heavy atom. The van der Waals surface area contributed by atoms with E-state index < -0.39 is 11.9 Å². The lowest BCUT2D eigenvalue weighted by Gasteiger charge is -2.10. The molecule has 0 saturated heterocycles. The van der Waals surface area contributed by atoms with Crippen molar-refractivity contribution in [1.29, 1.82) is 0 Å². The first-order valence-corrected chi connectivity index (χ1v) is 4.16. The van der Waals surface area contributed by atoms with Gasteiger partial charge in [0, 0.05) is 17.5 Å². The molecule has 0 radical (unpaired) electrons. The van der Waals surface area contributed by atoms with Gasteiger partial charge in [-0.15, -0.1) is 0 Å². The first-order chi connectivity index (χ1) is 6.16. The number of hydrogen-bond donors (Lipinski definition) is 1. The summed E-state index contributed by atoms with van der Waals surface area (Å²) in [7, 11) is 0. The molecule has 0 amide bonds. The summed E-state index contributed by atoms with van der Waals surface area (Å²) in [6.07, 6.45) is 3.56. The number of aliphatic carboxylic acids is 1. The maximum absolute atomic E-state index is 10.8. The number of hydrogen-bond acceptors (Lipinski definition) is 3. The first-order valence-electron chi connectivity index (χ1n) is 4.16. The zero-order valence-corrected chi connectivity index (χ0v) is 7.69. The highest BCUT2D eigenvalue weighted by molar-refractivity contribution is 5.76. The zero-order chi connectivity index (χ0) is 9.84. The molecule has 13 heavy (non-hydrogen) atoms. The predicted molar refractivity (Wildman–Crippen MR) is 47.4 cm³/mol. The Kier molecular flexibility index (Phi) is 2.95. The average molecular weight is 180 g/mol. The lowest BCUT2D eigenvalue weighted by Crippen LogP contribution is -2.12. The summed E-state index contributed by atoms with van der Waals surface area (Å²) in [6, 6.07) is 0. The smallest absolute Gasteiger partial charge is 0.311 e. The highest BCUT2D eigenvalue weighted by Gasteiger charge is 2.19. The maximum Gasteiger partial charge on any atom is 0.311 e. The first kappa shape index (κ1) is 9.64. The van der Waals surface area contributed by atoms with Crippen LogP contribution in [-0.4, -0.2) is 21.0 Å². The molecule has 1 N–H and O–H groups in total. The van der Waals surface area contributed by atoms with E-state index in [2.05, 4.69) is 9.97 Å². The van der Waals surface area contributed by atoms with Crippen molar-refractivity contribution in [2.75, 3.05) is 0 Å². The summed E-state index contributed by atoms with van der Waals surface area (Å²) in [5.74, 6) is -1.30. The van der Waals surface area contributed by atoms with Crippen LogP contribution >= 0.6 is 0 Å². The van der Waals surface area contributed by atoms with E-state index in [1.165, 1.54) is 6.33 Å². The van der Waals surface area contributed by atoms with Crippen LogP contribution in [0.4, 0.5) is 0 Å². The summed E-state index contributed by atoms with van der Waals surface area (Å²) in [5, 5.41) is 8.90. The normalized spacial score (nSPS) is 12.5. The molecule has 1 atom stereocenters. The molecule has 0 aliphatic heterocycles. The third kappa shape index (κ3) is 2.02. The van der Waals surface area contributed by atoms with E-state index >= 15 is 0 Å². The average Bonchev–Trinajstić information content (AvgIpc) is 2.09. The van der Waals surface area contributed by atoms with Gasteiger partial charge in [0.25, 0.3) is 0 Å². The number of nitrogens with zero attached hydrogens (tertiary/aromatic N) is 2. The van der Waals surface area contributed by atoms with Gasteiger partial charge >= 0.3 is 5.97 Å². The SMILES string of the molecule is CCC(C(=O)O)c1cncnc1C. The molecule has 4 heteroatoms. The fourth-order valence-electron chi connectivity index (χ4n) is 1.27. The summed E-state index contributed by atoms with van der Waals surface area (Å²) in [4.78, 5) is 18.6. The molecule has 1 aromatic rings. The molecule has 0 bridgehead atoms. The van der Waals surface area contributed by atoms with Crippen molar-refractivity contribution in [3.63, 3.8) is 0 Å². The van der Waals surface area contributed by atoms with E-state index in [0.29, 0.717) is 12.0 Å². The lowest BCUT2D eigenvalue weighted by molar-refractivity contribution is -0.138. The topological polar surface area (TPSA) is 63.1 Å². The quantitative estimate of drug-likeness (QED) is 0.762. The Labute approximate surface area is 76.7 Å². The van der Waals surface area contributed by atoms with Crippen LogP contribution in [0.5, 0.6) is 0 Å². The van der Waals surface area contributed by atoms with Crippen molar-refractivity contribution in [3.05, 3.63) is 23.8 Å². The molecule has 0 saturated carbocycles. The Hall–Kier alpha value is -1.45. The molecule has 0 aliphatic carbocycles. The number of aromatic nitrogens is 2. The van der Waals surface area contributed by atoms with Gasteiger partial charge in [-0.2, -0.15) is 0 Å². The lowest BCUT2D eigenvalue weighted by atomic mass is 9.97.